The Labute approximate surface area is 106 Å². The van der Waals surface area contributed by atoms with Crippen molar-refractivity contribution in [1.29, 1.82) is 0 Å². The fourth-order valence-electron chi connectivity index (χ4n) is 1.44. The number of likely N-dealkylation sites (N-methyl/N-ethyl adjacent to an activating group) is 1. The molecule has 5 nitrogen and oxygen atoms in total. The Balaban J connectivity index is 2.49. The number of nitrogens with zero attached hydrogens (tertiary/aromatic N) is 1. The van der Waals surface area contributed by atoms with Crippen molar-refractivity contribution in [2.75, 3.05) is 20.7 Å². The normalized spacial score (nSPS) is 12.4. The van der Waals surface area contributed by atoms with Gasteiger partial charge in [-0.25, -0.2) is 0 Å². The molecule has 0 radical (unpaired) electrons. The molecular weight excluding hydrogens is 234 g/mol. The van der Waals surface area contributed by atoms with Crippen LogP contribution in [0, 0.1) is 5.92 Å². The average Bonchev–Trinajstić information content (AvgIpc) is 2.87. The summed E-state index contributed by atoms with van der Waals surface area (Å²) in [7, 11) is 2.96. The van der Waals surface area contributed by atoms with Gasteiger partial charge in [0.1, 0.15) is 5.76 Å². The lowest BCUT2D eigenvalue weighted by Gasteiger charge is -2.18. The number of rotatable bonds is 5. The Kier molecular flexibility index (Phi) is 5.17. The van der Waals surface area contributed by atoms with Crippen molar-refractivity contribution < 1.29 is 18.7 Å². The van der Waals surface area contributed by atoms with E-state index in [0.29, 0.717) is 12.3 Å². The molecule has 98 valence electrons. The number of amides is 1. The van der Waals surface area contributed by atoms with Crippen LogP contribution in [-0.2, 0) is 14.3 Å². The van der Waals surface area contributed by atoms with Gasteiger partial charge in [0.15, 0.2) is 0 Å². The summed E-state index contributed by atoms with van der Waals surface area (Å²) in [5, 5.41) is 0. The summed E-state index contributed by atoms with van der Waals surface area (Å²) in [6, 6.07) is 3.49. The maximum Gasteiger partial charge on any atom is 0.310 e. The lowest BCUT2D eigenvalue weighted by molar-refractivity contribution is -0.145. The quantitative estimate of drug-likeness (QED) is 0.588. The van der Waals surface area contributed by atoms with Crippen molar-refractivity contribution in [3.8, 4) is 0 Å². The molecule has 0 saturated heterocycles. The fraction of sp³-hybridized carbons (Fsp3) is 0.385. The second-order valence-electron chi connectivity index (χ2n) is 3.99. The van der Waals surface area contributed by atoms with E-state index in [2.05, 4.69) is 4.74 Å². The van der Waals surface area contributed by atoms with Crippen LogP contribution in [0.5, 0.6) is 0 Å². The van der Waals surface area contributed by atoms with Gasteiger partial charge < -0.3 is 14.1 Å². The molecule has 0 bridgehead atoms. The second-order valence-corrected chi connectivity index (χ2v) is 3.99. The summed E-state index contributed by atoms with van der Waals surface area (Å²) in [5.41, 5.74) is 0. The van der Waals surface area contributed by atoms with E-state index in [1.807, 2.05) is 0 Å². The zero-order chi connectivity index (χ0) is 13.5. The number of ether oxygens (including phenoxy) is 1. The lowest BCUT2D eigenvalue weighted by Crippen LogP contribution is -2.33. The molecule has 0 spiro atoms. The van der Waals surface area contributed by atoms with E-state index in [1.165, 1.54) is 24.3 Å². The molecule has 1 amide bonds. The molecule has 1 rings (SSSR count). The number of carbonyl (C=O) groups excluding carboxylic acids is 2. The third-order valence-corrected chi connectivity index (χ3v) is 2.46. The standard InChI is InChI=1S/C13H17NO4/c1-10(13(16)17-3)9-14(2)12(15)7-6-11-5-4-8-18-11/h4-8,10H,9H2,1-3H3. The van der Waals surface area contributed by atoms with Gasteiger partial charge in [-0.3, -0.25) is 9.59 Å². The van der Waals surface area contributed by atoms with E-state index in [4.69, 9.17) is 4.42 Å². The van der Waals surface area contributed by atoms with Crippen molar-refractivity contribution in [2.24, 2.45) is 5.92 Å². The summed E-state index contributed by atoms with van der Waals surface area (Å²) >= 11 is 0. The zero-order valence-electron chi connectivity index (χ0n) is 10.8. The minimum atomic E-state index is -0.346. The molecule has 1 heterocycles. The monoisotopic (exact) mass is 251 g/mol. The highest BCUT2D eigenvalue weighted by atomic mass is 16.5. The van der Waals surface area contributed by atoms with Gasteiger partial charge in [-0.15, -0.1) is 0 Å². The lowest BCUT2D eigenvalue weighted by atomic mass is 10.2. The molecule has 0 aliphatic heterocycles. The van der Waals surface area contributed by atoms with Crippen LogP contribution >= 0.6 is 0 Å². The zero-order valence-corrected chi connectivity index (χ0v) is 10.8. The predicted molar refractivity (Wildman–Crippen MR) is 66.6 cm³/mol. The molecule has 0 N–H and O–H groups in total. The molecule has 0 aliphatic rings. The highest BCUT2D eigenvalue weighted by Gasteiger charge is 2.17. The first-order chi connectivity index (χ1) is 8.54. The molecule has 0 fully saturated rings. The third kappa shape index (κ3) is 4.08. The van der Waals surface area contributed by atoms with Crippen molar-refractivity contribution in [3.63, 3.8) is 0 Å². The maximum absolute atomic E-state index is 11.7. The van der Waals surface area contributed by atoms with Crippen molar-refractivity contribution in [1.82, 2.24) is 4.90 Å². The van der Waals surface area contributed by atoms with Gasteiger partial charge in [0, 0.05) is 19.7 Å². The van der Waals surface area contributed by atoms with E-state index in [9.17, 15) is 9.59 Å². The third-order valence-electron chi connectivity index (χ3n) is 2.46. The van der Waals surface area contributed by atoms with Gasteiger partial charge in [0.2, 0.25) is 5.91 Å². The number of esters is 1. The Morgan fingerprint density at radius 2 is 2.28 bits per heavy atom. The Morgan fingerprint density at radius 1 is 1.56 bits per heavy atom. The van der Waals surface area contributed by atoms with Crippen LogP contribution in [0.4, 0.5) is 0 Å². The van der Waals surface area contributed by atoms with Crippen LogP contribution in [0.15, 0.2) is 28.9 Å². The van der Waals surface area contributed by atoms with Crippen LogP contribution in [0.25, 0.3) is 6.08 Å². The first-order valence-electron chi connectivity index (χ1n) is 5.59. The predicted octanol–water partition coefficient (Wildman–Crippen LogP) is 1.56. The van der Waals surface area contributed by atoms with Gasteiger partial charge in [0.05, 0.1) is 19.3 Å². The van der Waals surface area contributed by atoms with Crippen LogP contribution in [0.2, 0.25) is 0 Å². The molecule has 1 atom stereocenters. The van der Waals surface area contributed by atoms with Gasteiger partial charge in [-0.2, -0.15) is 0 Å². The van der Waals surface area contributed by atoms with Crippen molar-refractivity contribution in [3.05, 3.63) is 30.2 Å². The van der Waals surface area contributed by atoms with E-state index in [-0.39, 0.29) is 17.8 Å². The van der Waals surface area contributed by atoms with Crippen LogP contribution in [0.3, 0.4) is 0 Å². The highest BCUT2D eigenvalue weighted by molar-refractivity contribution is 5.91. The molecule has 1 unspecified atom stereocenters. The Morgan fingerprint density at radius 3 is 2.83 bits per heavy atom. The molecule has 0 aliphatic carbocycles. The Bertz CT molecular complexity index is 422. The van der Waals surface area contributed by atoms with E-state index in [0.717, 1.165) is 0 Å². The van der Waals surface area contributed by atoms with Gasteiger partial charge in [-0.1, -0.05) is 6.92 Å². The summed E-state index contributed by atoms with van der Waals surface area (Å²) < 4.78 is 9.67. The number of hydrogen-bond donors (Lipinski definition) is 0. The van der Waals surface area contributed by atoms with Gasteiger partial charge in [-0.05, 0) is 18.2 Å². The molecule has 1 aromatic heterocycles. The fourth-order valence-corrected chi connectivity index (χ4v) is 1.44. The van der Waals surface area contributed by atoms with E-state index >= 15 is 0 Å². The topological polar surface area (TPSA) is 59.8 Å². The largest absolute Gasteiger partial charge is 0.469 e. The molecule has 1 aromatic rings. The summed E-state index contributed by atoms with van der Waals surface area (Å²) in [5.74, 6) is -0.259. The van der Waals surface area contributed by atoms with Gasteiger partial charge >= 0.3 is 5.97 Å². The smallest absolute Gasteiger partial charge is 0.310 e. The second kappa shape index (κ2) is 6.64. The number of methoxy groups -OCH3 is 1. The van der Waals surface area contributed by atoms with E-state index < -0.39 is 0 Å². The first kappa shape index (κ1) is 14.0. The molecule has 0 aromatic carbocycles. The summed E-state index contributed by atoms with van der Waals surface area (Å²) in [4.78, 5) is 24.4. The number of hydrogen-bond acceptors (Lipinski definition) is 4. The van der Waals surface area contributed by atoms with Crippen LogP contribution in [-0.4, -0.2) is 37.5 Å². The summed E-state index contributed by atoms with van der Waals surface area (Å²) in [6.07, 6.45) is 4.53. The first-order valence-corrected chi connectivity index (χ1v) is 5.59. The van der Waals surface area contributed by atoms with Crippen LogP contribution in [0.1, 0.15) is 12.7 Å². The average molecular weight is 251 g/mol. The SMILES string of the molecule is COC(=O)C(C)CN(C)C(=O)C=Cc1ccco1. The molecular formula is C13H17NO4. The number of furan rings is 1. The molecule has 0 saturated carbocycles. The number of carbonyl (C=O) groups is 2. The van der Waals surface area contributed by atoms with Crippen molar-refractivity contribution in [2.45, 2.75) is 6.92 Å². The molecule has 5 heteroatoms. The Hall–Kier alpha value is -2.04. The minimum Gasteiger partial charge on any atom is -0.469 e. The summed E-state index contributed by atoms with van der Waals surface area (Å²) in [6.45, 7) is 2.03. The van der Waals surface area contributed by atoms with Crippen LogP contribution < -0.4 is 0 Å². The minimum absolute atomic E-state index is 0.192. The van der Waals surface area contributed by atoms with Gasteiger partial charge in [0.25, 0.3) is 0 Å². The van der Waals surface area contributed by atoms with E-state index in [1.54, 1.807) is 32.2 Å². The highest BCUT2D eigenvalue weighted by Crippen LogP contribution is 2.05. The maximum atomic E-state index is 11.7. The van der Waals surface area contributed by atoms with Crippen molar-refractivity contribution >= 4 is 18.0 Å². The molecule has 18 heavy (non-hydrogen) atoms.